The van der Waals surface area contributed by atoms with Gasteiger partial charge in [0.05, 0.1) is 37.4 Å². The van der Waals surface area contributed by atoms with Crippen molar-refractivity contribution in [3.05, 3.63) is 46.2 Å². The van der Waals surface area contributed by atoms with E-state index >= 15 is 0 Å². The topological polar surface area (TPSA) is 57.6 Å². The third-order valence-electron chi connectivity index (χ3n) is 6.41. The Morgan fingerprint density at radius 1 is 1.16 bits per heavy atom. The second-order valence-electron chi connectivity index (χ2n) is 8.57. The quantitative estimate of drug-likeness (QED) is 0.639. The van der Waals surface area contributed by atoms with Gasteiger partial charge in [-0.1, -0.05) is 12.1 Å². The number of carbonyl (C=O) groups excluding carboxylic acids is 1. The molecule has 7 nitrogen and oxygen atoms in total. The second kappa shape index (κ2) is 10.0. The molecule has 172 valence electrons. The van der Waals surface area contributed by atoms with Gasteiger partial charge in [0, 0.05) is 25.6 Å². The first kappa shape index (κ1) is 22.8. The fraction of sp³-hybridized carbons (Fsp3) is 0.500. The van der Waals surface area contributed by atoms with Crippen LogP contribution in [-0.2, 0) is 4.79 Å². The molecule has 0 spiro atoms. The van der Waals surface area contributed by atoms with Gasteiger partial charge in [-0.15, -0.1) is 11.3 Å². The minimum Gasteiger partial charge on any atom is -0.493 e. The van der Waals surface area contributed by atoms with Crippen molar-refractivity contribution < 1.29 is 14.3 Å². The van der Waals surface area contributed by atoms with Crippen molar-refractivity contribution in [2.24, 2.45) is 5.10 Å². The van der Waals surface area contributed by atoms with E-state index in [1.807, 2.05) is 29.6 Å². The van der Waals surface area contributed by atoms with Gasteiger partial charge >= 0.3 is 0 Å². The summed E-state index contributed by atoms with van der Waals surface area (Å²) in [7, 11) is 7.51. The number of nitrogens with zero attached hydrogens (tertiary/aromatic N) is 4. The molecule has 3 heterocycles. The first-order chi connectivity index (χ1) is 15.5. The van der Waals surface area contributed by atoms with E-state index in [2.05, 4.69) is 30.0 Å². The largest absolute Gasteiger partial charge is 0.493 e. The summed E-state index contributed by atoms with van der Waals surface area (Å²) in [5, 5.41) is 8.53. The zero-order valence-corrected chi connectivity index (χ0v) is 20.1. The summed E-state index contributed by atoms with van der Waals surface area (Å²) in [5.74, 6) is 1.38. The van der Waals surface area contributed by atoms with E-state index < -0.39 is 0 Å². The van der Waals surface area contributed by atoms with Crippen molar-refractivity contribution in [1.82, 2.24) is 14.8 Å². The molecule has 1 unspecified atom stereocenters. The van der Waals surface area contributed by atoms with Crippen molar-refractivity contribution in [3.8, 4) is 11.5 Å². The molecule has 1 amide bonds. The number of amides is 1. The SMILES string of the molecule is COc1ccc(C2CC(c3cccs3)=NN2C(=O)CN2CCC(N(C)C)CC2)cc1OC. The van der Waals surface area contributed by atoms with E-state index in [-0.39, 0.29) is 11.9 Å². The molecule has 2 aliphatic heterocycles. The van der Waals surface area contributed by atoms with Crippen molar-refractivity contribution in [1.29, 1.82) is 0 Å². The van der Waals surface area contributed by atoms with Crippen LogP contribution in [0.25, 0.3) is 0 Å². The Balaban J connectivity index is 1.54. The monoisotopic (exact) mass is 456 g/mol. The molecule has 2 aliphatic rings. The molecule has 32 heavy (non-hydrogen) atoms. The maximum atomic E-state index is 13.4. The highest BCUT2D eigenvalue weighted by molar-refractivity contribution is 7.12. The number of piperidine rings is 1. The molecule has 1 saturated heterocycles. The first-order valence-corrected chi connectivity index (χ1v) is 11.9. The van der Waals surface area contributed by atoms with E-state index in [0.29, 0.717) is 30.5 Å². The number of rotatable bonds is 7. The molecule has 0 N–H and O–H groups in total. The summed E-state index contributed by atoms with van der Waals surface area (Å²) in [6.07, 6.45) is 2.86. The number of hydrogen-bond donors (Lipinski definition) is 0. The average Bonchev–Trinajstić information content (AvgIpc) is 3.49. The third kappa shape index (κ3) is 4.82. The normalized spacial score (nSPS) is 20.0. The van der Waals surface area contributed by atoms with Crippen LogP contribution in [0.1, 0.15) is 35.7 Å². The third-order valence-corrected chi connectivity index (χ3v) is 7.33. The molecule has 1 aromatic heterocycles. The Hall–Kier alpha value is -2.42. The van der Waals surface area contributed by atoms with Crippen LogP contribution in [0.3, 0.4) is 0 Å². The van der Waals surface area contributed by atoms with Gasteiger partial charge in [-0.3, -0.25) is 9.69 Å². The van der Waals surface area contributed by atoms with E-state index in [1.165, 1.54) is 0 Å². The summed E-state index contributed by atoms with van der Waals surface area (Å²) >= 11 is 1.65. The van der Waals surface area contributed by atoms with E-state index in [1.54, 1.807) is 30.6 Å². The van der Waals surface area contributed by atoms with Crippen molar-refractivity contribution >= 4 is 23.0 Å². The number of methoxy groups -OCH3 is 2. The number of benzene rings is 1. The summed E-state index contributed by atoms with van der Waals surface area (Å²) in [6.45, 7) is 2.26. The summed E-state index contributed by atoms with van der Waals surface area (Å²) < 4.78 is 10.9. The lowest BCUT2D eigenvalue weighted by Gasteiger charge is -2.35. The van der Waals surface area contributed by atoms with E-state index in [0.717, 1.165) is 42.1 Å². The van der Waals surface area contributed by atoms with Crippen molar-refractivity contribution in [3.63, 3.8) is 0 Å². The number of carbonyl (C=O) groups is 1. The van der Waals surface area contributed by atoms with Gasteiger partial charge in [0.2, 0.25) is 0 Å². The zero-order valence-electron chi connectivity index (χ0n) is 19.3. The standard InChI is InChI=1S/C24H32N4O3S/c1-26(2)18-9-11-27(12-10-18)16-24(29)28-20(15-19(25-28)23-6-5-13-32-23)17-7-8-21(30-3)22(14-17)31-4/h5-8,13-14,18,20H,9-12,15-16H2,1-4H3. The Morgan fingerprint density at radius 2 is 1.91 bits per heavy atom. The fourth-order valence-corrected chi connectivity index (χ4v) is 5.23. The van der Waals surface area contributed by atoms with Crippen LogP contribution in [0.2, 0.25) is 0 Å². The van der Waals surface area contributed by atoms with E-state index in [4.69, 9.17) is 14.6 Å². The Labute approximate surface area is 194 Å². The smallest absolute Gasteiger partial charge is 0.257 e. The van der Waals surface area contributed by atoms with Crippen LogP contribution in [0, 0.1) is 0 Å². The highest BCUT2D eigenvalue weighted by atomic mass is 32.1. The Kier molecular flexibility index (Phi) is 7.13. The van der Waals surface area contributed by atoms with Gasteiger partial charge in [0.25, 0.3) is 5.91 Å². The predicted molar refractivity (Wildman–Crippen MR) is 128 cm³/mol. The number of ether oxygens (including phenoxy) is 2. The molecule has 0 bridgehead atoms. The van der Waals surface area contributed by atoms with E-state index in [9.17, 15) is 4.79 Å². The highest BCUT2D eigenvalue weighted by Crippen LogP contribution is 2.38. The molecular weight excluding hydrogens is 424 g/mol. The second-order valence-corrected chi connectivity index (χ2v) is 9.52. The molecule has 0 radical (unpaired) electrons. The lowest BCUT2D eigenvalue weighted by Crippen LogP contribution is -2.45. The summed E-state index contributed by atoms with van der Waals surface area (Å²) in [5.41, 5.74) is 1.96. The fourth-order valence-electron chi connectivity index (χ4n) is 4.51. The van der Waals surface area contributed by atoms with Gasteiger partial charge < -0.3 is 14.4 Å². The van der Waals surface area contributed by atoms with Gasteiger partial charge in [0.15, 0.2) is 11.5 Å². The number of thiophene rings is 1. The van der Waals surface area contributed by atoms with Crippen molar-refractivity contribution in [2.75, 3.05) is 47.9 Å². The zero-order chi connectivity index (χ0) is 22.7. The maximum absolute atomic E-state index is 13.4. The van der Waals surface area contributed by atoms with Gasteiger partial charge in [0.1, 0.15) is 0 Å². The maximum Gasteiger partial charge on any atom is 0.257 e. The minimum atomic E-state index is -0.154. The van der Waals surface area contributed by atoms with Crippen LogP contribution in [-0.4, -0.2) is 80.4 Å². The van der Waals surface area contributed by atoms with Crippen LogP contribution < -0.4 is 9.47 Å². The predicted octanol–water partition coefficient (Wildman–Crippen LogP) is 3.47. The molecule has 0 saturated carbocycles. The molecule has 0 aliphatic carbocycles. The molecule has 1 fully saturated rings. The summed E-state index contributed by atoms with van der Waals surface area (Å²) in [6, 6.07) is 10.4. The van der Waals surface area contributed by atoms with Crippen LogP contribution >= 0.6 is 11.3 Å². The Morgan fingerprint density at radius 3 is 2.53 bits per heavy atom. The highest BCUT2D eigenvalue weighted by Gasteiger charge is 2.35. The van der Waals surface area contributed by atoms with Crippen LogP contribution in [0.4, 0.5) is 0 Å². The molecule has 1 aromatic carbocycles. The molecule has 1 atom stereocenters. The van der Waals surface area contributed by atoms with Crippen LogP contribution in [0.15, 0.2) is 40.8 Å². The van der Waals surface area contributed by atoms with Crippen LogP contribution in [0.5, 0.6) is 11.5 Å². The van der Waals surface area contributed by atoms with Gasteiger partial charge in [-0.25, -0.2) is 5.01 Å². The average molecular weight is 457 g/mol. The first-order valence-electron chi connectivity index (χ1n) is 11.0. The molecular formula is C24H32N4O3S. The lowest BCUT2D eigenvalue weighted by atomic mass is 10.0. The van der Waals surface area contributed by atoms with Crippen molar-refractivity contribution in [2.45, 2.75) is 31.3 Å². The lowest BCUT2D eigenvalue weighted by molar-refractivity contribution is -0.134. The van der Waals surface area contributed by atoms with Gasteiger partial charge in [-0.05, 0) is 56.1 Å². The minimum absolute atomic E-state index is 0.0413. The summed E-state index contributed by atoms with van der Waals surface area (Å²) in [4.78, 5) is 19.1. The molecule has 2 aromatic rings. The van der Waals surface area contributed by atoms with Gasteiger partial charge in [-0.2, -0.15) is 5.10 Å². The molecule has 8 heteroatoms. The number of hydrazone groups is 1. The Bertz CT molecular complexity index is 952. The number of hydrogen-bond acceptors (Lipinski definition) is 7. The number of likely N-dealkylation sites (tertiary alicyclic amines) is 1. The molecule has 4 rings (SSSR count).